The molecule has 0 unspecified atom stereocenters. The Labute approximate surface area is 82.1 Å². The molecular weight excluding hydrogens is 184 g/mol. The van der Waals surface area contributed by atoms with Crippen molar-refractivity contribution in [3.05, 3.63) is 23.8 Å². The third kappa shape index (κ3) is 2.15. The minimum absolute atomic E-state index is 0.257. The van der Waals surface area contributed by atoms with E-state index in [0.29, 0.717) is 12.1 Å². The predicted octanol–water partition coefficient (Wildman–Crippen LogP) is 1.07. The fourth-order valence-electron chi connectivity index (χ4n) is 1.13. The molecule has 0 amide bonds. The molecular formula is C9H14N2OS. The molecule has 0 aromatic heterocycles. The molecule has 1 rings (SSSR count). The summed E-state index contributed by atoms with van der Waals surface area (Å²) in [4.78, 5) is 0.835. The number of thioether (sulfide) groups is 1. The number of phenols is 1. The Morgan fingerprint density at radius 1 is 1.54 bits per heavy atom. The minimum Gasteiger partial charge on any atom is -0.506 e. The Bertz CT molecular complexity index is 291. The Morgan fingerprint density at radius 2 is 2.23 bits per heavy atom. The van der Waals surface area contributed by atoms with E-state index < -0.39 is 0 Å². The summed E-state index contributed by atoms with van der Waals surface area (Å²) in [6, 6.07) is 5.24. The largest absolute Gasteiger partial charge is 0.506 e. The van der Waals surface area contributed by atoms with Crippen LogP contribution < -0.4 is 11.5 Å². The molecule has 13 heavy (non-hydrogen) atoms. The van der Waals surface area contributed by atoms with Crippen LogP contribution in [0.15, 0.2) is 23.1 Å². The Kier molecular flexibility index (Phi) is 3.59. The van der Waals surface area contributed by atoms with Gasteiger partial charge in [-0.3, -0.25) is 0 Å². The SMILES string of the molecule is CSc1cccc([C@H](N)CN)c1O. The fourth-order valence-corrected chi connectivity index (χ4v) is 1.66. The molecule has 5 N–H and O–H groups in total. The first-order valence-electron chi connectivity index (χ1n) is 4.02. The van der Waals surface area contributed by atoms with Crippen LogP contribution in [0.25, 0.3) is 0 Å². The molecule has 0 saturated carbocycles. The topological polar surface area (TPSA) is 72.3 Å². The van der Waals surface area contributed by atoms with Crippen molar-refractivity contribution in [1.82, 2.24) is 0 Å². The van der Waals surface area contributed by atoms with Crippen molar-refractivity contribution >= 4 is 11.8 Å². The van der Waals surface area contributed by atoms with Gasteiger partial charge in [-0.2, -0.15) is 0 Å². The zero-order valence-electron chi connectivity index (χ0n) is 7.53. The van der Waals surface area contributed by atoms with Crippen molar-refractivity contribution in [1.29, 1.82) is 0 Å². The van der Waals surface area contributed by atoms with Crippen LogP contribution in [0.1, 0.15) is 11.6 Å². The van der Waals surface area contributed by atoms with Gasteiger partial charge in [0.1, 0.15) is 5.75 Å². The molecule has 0 heterocycles. The van der Waals surface area contributed by atoms with E-state index in [4.69, 9.17) is 11.5 Å². The minimum atomic E-state index is -0.285. The number of aromatic hydroxyl groups is 1. The molecule has 0 radical (unpaired) electrons. The van der Waals surface area contributed by atoms with Gasteiger partial charge in [-0.05, 0) is 12.3 Å². The Balaban J connectivity index is 3.08. The number of benzene rings is 1. The first-order valence-corrected chi connectivity index (χ1v) is 5.24. The van der Waals surface area contributed by atoms with E-state index in [-0.39, 0.29) is 11.8 Å². The molecule has 0 aliphatic carbocycles. The van der Waals surface area contributed by atoms with Crippen LogP contribution in [0.3, 0.4) is 0 Å². The molecule has 4 heteroatoms. The van der Waals surface area contributed by atoms with E-state index >= 15 is 0 Å². The van der Waals surface area contributed by atoms with E-state index in [1.54, 1.807) is 6.07 Å². The van der Waals surface area contributed by atoms with E-state index in [9.17, 15) is 5.11 Å². The van der Waals surface area contributed by atoms with Gasteiger partial charge in [0.15, 0.2) is 0 Å². The van der Waals surface area contributed by atoms with Crippen LogP contribution in [0.5, 0.6) is 5.75 Å². The predicted molar refractivity (Wildman–Crippen MR) is 55.9 cm³/mol. The van der Waals surface area contributed by atoms with E-state index in [2.05, 4.69) is 0 Å². The molecule has 0 bridgehead atoms. The van der Waals surface area contributed by atoms with Crippen LogP contribution in [0, 0.1) is 0 Å². The molecule has 1 aromatic rings. The van der Waals surface area contributed by atoms with Crippen LogP contribution in [-0.2, 0) is 0 Å². The van der Waals surface area contributed by atoms with Crippen molar-refractivity contribution in [2.24, 2.45) is 11.5 Å². The van der Waals surface area contributed by atoms with Crippen LogP contribution in [0.2, 0.25) is 0 Å². The van der Waals surface area contributed by atoms with Crippen molar-refractivity contribution in [2.45, 2.75) is 10.9 Å². The van der Waals surface area contributed by atoms with Gasteiger partial charge in [-0.1, -0.05) is 12.1 Å². The summed E-state index contributed by atoms with van der Waals surface area (Å²) < 4.78 is 0. The second kappa shape index (κ2) is 4.50. The lowest BCUT2D eigenvalue weighted by molar-refractivity contribution is 0.449. The number of para-hydroxylation sites is 1. The smallest absolute Gasteiger partial charge is 0.133 e. The third-order valence-corrected chi connectivity index (χ3v) is 2.67. The molecule has 0 aliphatic heterocycles. The standard InChI is InChI=1S/C9H14N2OS/c1-13-8-4-2-3-6(9(8)12)7(11)5-10/h2-4,7,12H,5,10-11H2,1H3/t7-/m1/s1. The van der Waals surface area contributed by atoms with Gasteiger partial charge < -0.3 is 16.6 Å². The van der Waals surface area contributed by atoms with Crippen molar-refractivity contribution in [3.63, 3.8) is 0 Å². The zero-order chi connectivity index (χ0) is 9.84. The fraction of sp³-hybridized carbons (Fsp3) is 0.333. The first kappa shape index (κ1) is 10.4. The van der Waals surface area contributed by atoms with Gasteiger partial charge in [0.05, 0.1) is 0 Å². The lowest BCUT2D eigenvalue weighted by Crippen LogP contribution is -2.20. The molecule has 0 spiro atoms. The van der Waals surface area contributed by atoms with Crippen molar-refractivity contribution < 1.29 is 5.11 Å². The quantitative estimate of drug-likeness (QED) is 0.635. The molecule has 0 fully saturated rings. The number of rotatable bonds is 3. The molecule has 1 atom stereocenters. The summed E-state index contributed by atoms with van der Waals surface area (Å²) in [6.45, 7) is 0.339. The highest BCUT2D eigenvalue weighted by atomic mass is 32.2. The average molecular weight is 198 g/mol. The van der Waals surface area contributed by atoms with Crippen molar-refractivity contribution in [3.8, 4) is 5.75 Å². The zero-order valence-corrected chi connectivity index (χ0v) is 8.34. The Hall–Kier alpha value is -0.710. The van der Waals surface area contributed by atoms with Crippen LogP contribution in [0.4, 0.5) is 0 Å². The van der Waals surface area contributed by atoms with Gasteiger partial charge in [-0.15, -0.1) is 11.8 Å². The van der Waals surface area contributed by atoms with Gasteiger partial charge in [0, 0.05) is 23.0 Å². The highest BCUT2D eigenvalue weighted by Gasteiger charge is 2.11. The highest BCUT2D eigenvalue weighted by Crippen LogP contribution is 2.32. The second-order valence-corrected chi connectivity index (χ2v) is 3.59. The van der Waals surface area contributed by atoms with Gasteiger partial charge in [-0.25, -0.2) is 0 Å². The first-order chi connectivity index (χ1) is 6.20. The second-order valence-electron chi connectivity index (χ2n) is 2.74. The average Bonchev–Trinajstić information content (AvgIpc) is 2.17. The maximum absolute atomic E-state index is 9.73. The summed E-state index contributed by atoms with van der Waals surface area (Å²) in [5, 5.41) is 9.73. The molecule has 0 aliphatic rings. The van der Waals surface area contributed by atoms with Crippen molar-refractivity contribution in [2.75, 3.05) is 12.8 Å². The lowest BCUT2D eigenvalue weighted by atomic mass is 10.1. The summed E-state index contributed by atoms with van der Waals surface area (Å²) in [7, 11) is 0. The molecule has 3 nitrogen and oxygen atoms in total. The van der Waals surface area contributed by atoms with Gasteiger partial charge >= 0.3 is 0 Å². The molecule has 0 saturated heterocycles. The monoisotopic (exact) mass is 198 g/mol. The number of phenolic OH excluding ortho intramolecular Hbond substituents is 1. The van der Waals surface area contributed by atoms with Crippen LogP contribution in [-0.4, -0.2) is 17.9 Å². The molecule has 1 aromatic carbocycles. The number of nitrogens with two attached hydrogens (primary N) is 2. The number of hydrogen-bond acceptors (Lipinski definition) is 4. The van der Waals surface area contributed by atoms with E-state index in [1.165, 1.54) is 11.8 Å². The van der Waals surface area contributed by atoms with Gasteiger partial charge in [0.2, 0.25) is 0 Å². The third-order valence-electron chi connectivity index (χ3n) is 1.90. The van der Waals surface area contributed by atoms with E-state index in [1.807, 2.05) is 18.4 Å². The summed E-state index contributed by atoms with van der Waals surface area (Å²) in [5.41, 5.74) is 11.9. The lowest BCUT2D eigenvalue weighted by Gasteiger charge is -2.12. The maximum atomic E-state index is 9.73. The van der Waals surface area contributed by atoms with Crippen LogP contribution >= 0.6 is 11.8 Å². The molecule has 72 valence electrons. The highest BCUT2D eigenvalue weighted by molar-refractivity contribution is 7.98. The number of hydrogen-bond donors (Lipinski definition) is 3. The normalized spacial score (nSPS) is 12.8. The van der Waals surface area contributed by atoms with E-state index in [0.717, 1.165) is 4.90 Å². The summed E-state index contributed by atoms with van der Waals surface area (Å²) in [6.07, 6.45) is 1.91. The summed E-state index contributed by atoms with van der Waals surface area (Å²) >= 11 is 1.49. The van der Waals surface area contributed by atoms with Gasteiger partial charge in [0.25, 0.3) is 0 Å². The summed E-state index contributed by atoms with van der Waals surface area (Å²) in [5.74, 6) is 0.257. The Morgan fingerprint density at radius 3 is 2.77 bits per heavy atom. The maximum Gasteiger partial charge on any atom is 0.133 e.